The van der Waals surface area contributed by atoms with Gasteiger partial charge < -0.3 is 9.47 Å². The number of rotatable bonds is 6. The third kappa shape index (κ3) is 4.36. The van der Waals surface area contributed by atoms with Gasteiger partial charge in [-0.05, 0) is 42.5 Å². The summed E-state index contributed by atoms with van der Waals surface area (Å²) in [5, 5.41) is 0.198. The smallest absolute Gasteiger partial charge is 0.326 e. The molecular weight excluding hydrogens is 389 g/mol. The number of benzene rings is 2. The van der Waals surface area contributed by atoms with E-state index in [2.05, 4.69) is 4.74 Å². The molecule has 134 valence electrons. The zero-order valence-corrected chi connectivity index (χ0v) is 15.7. The van der Waals surface area contributed by atoms with E-state index in [1.165, 1.54) is 44.6 Å². The standard InChI is InChI=1S/C16H15Cl2NO5S/c1-23-13-6-4-12(5-7-13)19(10-16(20)24-2)25(21,22)15-9-11(17)3-8-14(15)18/h3-9H,10H2,1-2H3. The van der Waals surface area contributed by atoms with Gasteiger partial charge in [0.2, 0.25) is 0 Å². The van der Waals surface area contributed by atoms with Crippen LogP contribution in [-0.2, 0) is 19.6 Å². The predicted molar refractivity (Wildman–Crippen MR) is 96.0 cm³/mol. The van der Waals surface area contributed by atoms with Gasteiger partial charge in [-0.1, -0.05) is 23.2 Å². The lowest BCUT2D eigenvalue weighted by molar-refractivity contribution is -0.138. The van der Waals surface area contributed by atoms with Crippen molar-refractivity contribution in [3.05, 3.63) is 52.5 Å². The van der Waals surface area contributed by atoms with Crippen LogP contribution < -0.4 is 9.04 Å². The fraction of sp³-hybridized carbons (Fsp3) is 0.188. The Labute approximate surface area is 155 Å². The Morgan fingerprint density at radius 1 is 1.08 bits per heavy atom. The first-order valence-corrected chi connectivity index (χ1v) is 9.18. The molecule has 0 aliphatic carbocycles. The van der Waals surface area contributed by atoms with Gasteiger partial charge in [-0.15, -0.1) is 0 Å². The first-order valence-electron chi connectivity index (χ1n) is 6.98. The molecule has 0 fully saturated rings. The summed E-state index contributed by atoms with van der Waals surface area (Å²) < 4.78 is 36.7. The third-order valence-electron chi connectivity index (χ3n) is 3.32. The summed E-state index contributed by atoms with van der Waals surface area (Å²) >= 11 is 11.9. The molecule has 0 aromatic heterocycles. The van der Waals surface area contributed by atoms with E-state index in [9.17, 15) is 13.2 Å². The first kappa shape index (κ1) is 19.4. The Bertz CT molecular complexity index is 869. The predicted octanol–water partition coefficient (Wildman–Crippen LogP) is 3.37. The molecule has 0 aliphatic rings. The van der Waals surface area contributed by atoms with Crippen LogP contribution in [0.2, 0.25) is 10.0 Å². The van der Waals surface area contributed by atoms with Gasteiger partial charge in [0.25, 0.3) is 10.0 Å². The SMILES string of the molecule is COC(=O)CN(c1ccc(OC)cc1)S(=O)(=O)c1cc(Cl)ccc1Cl. The summed E-state index contributed by atoms with van der Waals surface area (Å²) in [5.41, 5.74) is 0.252. The maximum absolute atomic E-state index is 13.1. The third-order valence-corrected chi connectivity index (χ3v) is 5.81. The van der Waals surface area contributed by atoms with Crippen LogP contribution in [-0.4, -0.2) is 35.2 Å². The van der Waals surface area contributed by atoms with Gasteiger partial charge in [0.05, 0.1) is 24.9 Å². The van der Waals surface area contributed by atoms with Crippen LogP contribution in [0.3, 0.4) is 0 Å². The second-order valence-electron chi connectivity index (χ2n) is 4.86. The van der Waals surface area contributed by atoms with Crippen molar-refractivity contribution in [2.24, 2.45) is 0 Å². The molecule has 0 unspecified atom stereocenters. The molecule has 0 amide bonds. The van der Waals surface area contributed by atoms with E-state index >= 15 is 0 Å². The number of anilines is 1. The summed E-state index contributed by atoms with van der Waals surface area (Å²) in [6, 6.07) is 10.3. The van der Waals surface area contributed by atoms with E-state index < -0.39 is 22.5 Å². The number of hydrogen-bond donors (Lipinski definition) is 0. The zero-order valence-electron chi connectivity index (χ0n) is 13.4. The fourth-order valence-corrected chi connectivity index (χ4v) is 4.19. The van der Waals surface area contributed by atoms with Gasteiger partial charge in [-0.2, -0.15) is 0 Å². The molecule has 0 saturated heterocycles. The zero-order chi connectivity index (χ0) is 18.6. The van der Waals surface area contributed by atoms with Gasteiger partial charge in [0.15, 0.2) is 0 Å². The molecule has 0 N–H and O–H groups in total. The second-order valence-corrected chi connectivity index (χ2v) is 7.53. The minimum Gasteiger partial charge on any atom is -0.497 e. The van der Waals surface area contributed by atoms with E-state index in [1.54, 1.807) is 12.1 Å². The number of ether oxygens (including phenoxy) is 2. The summed E-state index contributed by atoms with van der Waals surface area (Å²) in [6.07, 6.45) is 0. The number of halogens is 2. The number of carbonyl (C=O) groups excluding carboxylic acids is 1. The second kappa shape index (κ2) is 7.95. The van der Waals surface area contributed by atoms with Crippen molar-refractivity contribution in [3.63, 3.8) is 0 Å². The number of methoxy groups -OCH3 is 2. The van der Waals surface area contributed by atoms with Gasteiger partial charge in [-0.3, -0.25) is 9.10 Å². The van der Waals surface area contributed by atoms with E-state index in [-0.39, 0.29) is 20.6 Å². The molecule has 0 atom stereocenters. The van der Waals surface area contributed by atoms with Crippen LogP contribution >= 0.6 is 23.2 Å². The Hall–Kier alpha value is -1.96. The van der Waals surface area contributed by atoms with Crippen molar-refractivity contribution in [1.82, 2.24) is 0 Å². The molecule has 6 nitrogen and oxygen atoms in total. The maximum Gasteiger partial charge on any atom is 0.326 e. The van der Waals surface area contributed by atoms with Gasteiger partial charge in [-0.25, -0.2) is 8.42 Å². The summed E-state index contributed by atoms with van der Waals surface area (Å²) in [5.74, 6) is -0.183. The average Bonchev–Trinajstić information content (AvgIpc) is 2.61. The van der Waals surface area contributed by atoms with Gasteiger partial charge in [0, 0.05) is 5.02 Å². The fourth-order valence-electron chi connectivity index (χ4n) is 2.04. The molecule has 9 heteroatoms. The monoisotopic (exact) mass is 403 g/mol. The van der Waals surface area contributed by atoms with E-state index in [0.717, 1.165) is 4.31 Å². The summed E-state index contributed by atoms with van der Waals surface area (Å²) in [4.78, 5) is 11.5. The lowest BCUT2D eigenvalue weighted by Crippen LogP contribution is -2.36. The lowest BCUT2D eigenvalue weighted by atomic mass is 10.3. The first-order chi connectivity index (χ1) is 11.8. The van der Waals surface area contributed by atoms with E-state index in [4.69, 9.17) is 27.9 Å². The van der Waals surface area contributed by atoms with Crippen molar-refractivity contribution >= 4 is 44.9 Å². The van der Waals surface area contributed by atoms with Crippen LogP contribution in [0, 0.1) is 0 Å². The quantitative estimate of drug-likeness (QED) is 0.691. The van der Waals surface area contributed by atoms with Crippen molar-refractivity contribution in [1.29, 1.82) is 0 Å². The Morgan fingerprint density at radius 3 is 2.28 bits per heavy atom. The highest BCUT2D eigenvalue weighted by Crippen LogP contribution is 2.31. The van der Waals surface area contributed by atoms with Gasteiger partial charge >= 0.3 is 5.97 Å². The Morgan fingerprint density at radius 2 is 1.72 bits per heavy atom. The summed E-state index contributed by atoms with van der Waals surface area (Å²) in [6.45, 7) is -0.520. The molecule has 2 aromatic rings. The van der Waals surface area contributed by atoms with Crippen LogP contribution in [0.4, 0.5) is 5.69 Å². The Balaban J connectivity index is 2.56. The molecule has 0 radical (unpaired) electrons. The average molecular weight is 404 g/mol. The minimum absolute atomic E-state index is 0.00669. The molecule has 0 saturated carbocycles. The number of carbonyl (C=O) groups is 1. The molecule has 0 heterocycles. The highest BCUT2D eigenvalue weighted by Gasteiger charge is 2.29. The highest BCUT2D eigenvalue weighted by molar-refractivity contribution is 7.93. The summed E-state index contributed by atoms with van der Waals surface area (Å²) in [7, 11) is -1.49. The topological polar surface area (TPSA) is 72.9 Å². The maximum atomic E-state index is 13.1. The number of nitrogens with zero attached hydrogens (tertiary/aromatic N) is 1. The van der Waals surface area contributed by atoms with Crippen LogP contribution in [0.1, 0.15) is 0 Å². The van der Waals surface area contributed by atoms with Crippen LogP contribution in [0.5, 0.6) is 5.75 Å². The Kier molecular flexibility index (Phi) is 6.16. The molecule has 0 aliphatic heterocycles. The van der Waals surface area contributed by atoms with Crippen molar-refractivity contribution < 1.29 is 22.7 Å². The van der Waals surface area contributed by atoms with E-state index in [0.29, 0.717) is 5.75 Å². The molecule has 0 bridgehead atoms. The van der Waals surface area contributed by atoms with Gasteiger partial charge in [0.1, 0.15) is 17.2 Å². The largest absolute Gasteiger partial charge is 0.497 e. The van der Waals surface area contributed by atoms with E-state index in [1.807, 2.05) is 0 Å². The van der Waals surface area contributed by atoms with Crippen molar-refractivity contribution in [3.8, 4) is 5.75 Å². The van der Waals surface area contributed by atoms with Crippen LogP contribution in [0.25, 0.3) is 0 Å². The molecule has 25 heavy (non-hydrogen) atoms. The number of sulfonamides is 1. The van der Waals surface area contributed by atoms with Crippen molar-refractivity contribution in [2.45, 2.75) is 4.90 Å². The molecular formula is C16H15Cl2NO5S. The minimum atomic E-state index is -4.16. The number of esters is 1. The highest BCUT2D eigenvalue weighted by atomic mass is 35.5. The van der Waals surface area contributed by atoms with Crippen molar-refractivity contribution in [2.75, 3.05) is 25.1 Å². The number of hydrogen-bond acceptors (Lipinski definition) is 5. The lowest BCUT2D eigenvalue weighted by Gasteiger charge is -2.24. The normalized spacial score (nSPS) is 11.0. The molecule has 2 rings (SSSR count). The molecule has 2 aromatic carbocycles. The molecule has 0 spiro atoms. The van der Waals surface area contributed by atoms with Crippen LogP contribution in [0.15, 0.2) is 47.4 Å².